The Morgan fingerprint density at radius 1 is 1.29 bits per heavy atom. The van der Waals surface area contributed by atoms with E-state index >= 15 is 0 Å². The molecule has 3 aliphatic rings. The number of rotatable bonds is 2. The van der Waals surface area contributed by atoms with E-state index in [2.05, 4.69) is 10.2 Å². The maximum Gasteiger partial charge on any atom is 0.287 e. The molecule has 5 rings (SSSR count). The summed E-state index contributed by atoms with van der Waals surface area (Å²) in [6.45, 7) is 3.29. The van der Waals surface area contributed by atoms with Crippen molar-refractivity contribution in [3.63, 3.8) is 0 Å². The number of halogens is 1. The van der Waals surface area contributed by atoms with Gasteiger partial charge in [0.1, 0.15) is 5.58 Å². The summed E-state index contributed by atoms with van der Waals surface area (Å²) in [6, 6.07) is 7.38. The van der Waals surface area contributed by atoms with E-state index in [-0.39, 0.29) is 11.9 Å². The van der Waals surface area contributed by atoms with E-state index in [9.17, 15) is 4.79 Å². The zero-order valence-electron chi connectivity index (χ0n) is 11.6. The number of nitrogens with one attached hydrogen (secondary N) is 1. The third kappa shape index (κ3) is 2.43. The van der Waals surface area contributed by atoms with Gasteiger partial charge in [-0.25, -0.2) is 0 Å². The number of carbonyl (C=O) groups is 1. The molecule has 4 nitrogen and oxygen atoms in total. The first-order chi connectivity index (χ1) is 10.2. The number of piperidine rings is 3. The van der Waals surface area contributed by atoms with Crippen LogP contribution in [0.3, 0.4) is 0 Å². The second kappa shape index (κ2) is 5.04. The van der Waals surface area contributed by atoms with Gasteiger partial charge in [0.05, 0.1) is 0 Å². The van der Waals surface area contributed by atoms with Crippen molar-refractivity contribution in [3.05, 3.63) is 35.0 Å². The molecule has 1 amide bonds. The molecule has 1 N–H and O–H groups in total. The lowest BCUT2D eigenvalue weighted by Crippen LogP contribution is -2.57. The van der Waals surface area contributed by atoms with Crippen molar-refractivity contribution in [3.8, 4) is 0 Å². The van der Waals surface area contributed by atoms with Gasteiger partial charge in [0.15, 0.2) is 5.76 Å². The Kier molecular flexibility index (Phi) is 3.16. The molecule has 21 heavy (non-hydrogen) atoms. The largest absolute Gasteiger partial charge is 0.451 e. The molecule has 2 aromatic rings. The highest BCUT2D eigenvalue weighted by molar-refractivity contribution is 6.31. The van der Waals surface area contributed by atoms with Crippen molar-refractivity contribution in [2.45, 2.75) is 18.9 Å². The van der Waals surface area contributed by atoms with Crippen LogP contribution in [-0.4, -0.2) is 36.5 Å². The maximum absolute atomic E-state index is 12.4. The first-order valence-electron chi connectivity index (χ1n) is 7.41. The summed E-state index contributed by atoms with van der Waals surface area (Å²) in [4.78, 5) is 14.8. The van der Waals surface area contributed by atoms with Crippen LogP contribution < -0.4 is 5.32 Å². The fourth-order valence-electron chi connectivity index (χ4n) is 3.49. The molecule has 110 valence electrons. The number of hydrogen-bond donors (Lipinski definition) is 1. The molecule has 0 radical (unpaired) electrons. The smallest absolute Gasteiger partial charge is 0.287 e. The Hall–Kier alpha value is -1.52. The molecule has 1 aromatic heterocycles. The minimum atomic E-state index is -0.124. The van der Waals surface area contributed by atoms with Gasteiger partial charge in [-0.3, -0.25) is 4.79 Å². The number of furan rings is 1. The lowest BCUT2D eigenvalue weighted by molar-refractivity contribution is 0.0607. The number of benzene rings is 1. The van der Waals surface area contributed by atoms with Crippen LogP contribution in [-0.2, 0) is 0 Å². The van der Waals surface area contributed by atoms with Crippen LogP contribution in [0.1, 0.15) is 23.4 Å². The first-order valence-corrected chi connectivity index (χ1v) is 7.79. The molecule has 0 aliphatic carbocycles. The van der Waals surface area contributed by atoms with Crippen molar-refractivity contribution < 1.29 is 9.21 Å². The minimum Gasteiger partial charge on any atom is -0.451 e. The topological polar surface area (TPSA) is 45.5 Å². The number of nitrogens with zero attached hydrogens (tertiary/aromatic N) is 1. The second-order valence-electron chi connectivity index (χ2n) is 6.01. The zero-order valence-corrected chi connectivity index (χ0v) is 12.4. The second-order valence-corrected chi connectivity index (χ2v) is 6.45. The quantitative estimate of drug-likeness (QED) is 0.928. The van der Waals surface area contributed by atoms with Gasteiger partial charge in [0, 0.05) is 23.0 Å². The van der Waals surface area contributed by atoms with Crippen LogP contribution >= 0.6 is 11.6 Å². The van der Waals surface area contributed by atoms with Gasteiger partial charge >= 0.3 is 0 Å². The van der Waals surface area contributed by atoms with Crippen LogP contribution in [0.25, 0.3) is 11.0 Å². The summed E-state index contributed by atoms with van der Waals surface area (Å²) in [5, 5.41) is 4.64. The Morgan fingerprint density at radius 2 is 2.10 bits per heavy atom. The van der Waals surface area contributed by atoms with Gasteiger partial charge in [0.2, 0.25) is 0 Å². The van der Waals surface area contributed by atoms with Gasteiger partial charge in [0.25, 0.3) is 5.91 Å². The molecule has 1 atom stereocenters. The minimum absolute atomic E-state index is 0.124. The predicted molar refractivity (Wildman–Crippen MR) is 81.6 cm³/mol. The number of carbonyl (C=O) groups excluding carboxylic acids is 1. The van der Waals surface area contributed by atoms with Crippen LogP contribution in [0.5, 0.6) is 0 Å². The van der Waals surface area contributed by atoms with Crippen LogP contribution in [0.15, 0.2) is 28.7 Å². The molecule has 0 unspecified atom stereocenters. The molecular formula is C16H17ClN2O2. The standard InChI is InChI=1S/C16H17ClN2O2/c17-12-1-2-14-11(7-12)8-15(21-14)16(20)18-13-9-19-5-3-10(13)4-6-19/h1-2,7-8,10,13H,3-6,9H2,(H,18,20)/t13-/m0/s1. The monoisotopic (exact) mass is 304 g/mol. The summed E-state index contributed by atoms with van der Waals surface area (Å²) in [5.74, 6) is 0.850. The SMILES string of the molecule is O=C(N[C@H]1CN2CCC1CC2)c1cc2cc(Cl)ccc2o1. The van der Waals surface area contributed by atoms with Crippen LogP contribution in [0.2, 0.25) is 5.02 Å². The van der Waals surface area contributed by atoms with E-state index in [0.29, 0.717) is 22.3 Å². The summed E-state index contributed by atoms with van der Waals surface area (Å²) < 4.78 is 5.62. The van der Waals surface area contributed by atoms with Gasteiger partial charge in [-0.15, -0.1) is 0 Å². The third-order valence-electron chi connectivity index (χ3n) is 4.67. The Morgan fingerprint density at radius 3 is 2.81 bits per heavy atom. The number of hydrogen-bond acceptors (Lipinski definition) is 3. The van der Waals surface area contributed by atoms with E-state index in [1.54, 1.807) is 18.2 Å². The van der Waals surface area contributed by atoms with E-state index in [1.165, 1.54) is 25.9 Å². The maximum atomic E-state index is 12.4. The van der Waals surface area contributed by atoms with Crippen molar-refractivity contribution >= 4 is 28.5 Å². The highest BCUT2D eigenvalue weighted by atomic mass is 35.5. The number of fused-ring (bicyclic) bond motifs is 4. The average Bonchev–Trinajstić information content (AvgIpc) is 2.91. The van der Waals surface area contributed by atoms with Crippen molar-refractivity contribution in [1.29, 1.82) is 0 Å². The molecule has 0 saturated carbocycles. The molecular weight excluding hydrogens is 288 g/mol. The molecule has 3 aliphatic heterocycles. The van der Waals surface area contributed by atoms with Gasteiger partial charge in [-0.05, 0) is 56.1 Å². The first kappa shape index (κ1) is 13.2. The van der Waals surface area contributed by atoms with Gasteiger partial charge in [-0.1, -0.05) is 11.6 Å². The summed E-state index contributed by atoms with van der Waals surface area (Å²) in [7, 11) is 0. The van der Waals surface area contributed by atoms with Gasteiger partial charge in [-0.2, -0.15) is 0 Å². The normalized spacial score (nSPS) is 28.0. The van der Waals surface area contributed by atoms with Crippen molar-refractivity contribution in [2.24, 2.45) is 5.92 Å². The highest BCUT2D eigenvalue weighted by Crippen LogP contribution is 2.28. The fraction of sp³-hybridized carbons (Fsp3) is 0.438. The lowest BCUT2D eigenvalue weighted by Gasteiger charge is -2.44. The molecule has 4 heterocycles. The van der Waals surface area contributed by atoms with E-state index < -0.39 is 0 Å². The molecule has 5 heteroatoms. The Labute approximate surface area is 128 Å². The summed E-state index contributed by atoms with van der Waals surface area (Å²) in [5.41, 5.74) is 0.693. The van der Waals surface area contributed by atoms with E-state index in [4.69, 9.17) is 16.0 Å². The number of amides is 1. The molecule has 0 spiro atoms. The van der Waals surface area contributed by atoms with Gasteiger partial charge < -0.3 is 14.6 Å². The van der Waals surface area contributed by atoms with Crippen molar-refractivity contribution in [2.75, 3.05) is 19.6 Å². The molecule has 3 saturated heterocycles. The van der Waals surface area contributed by atoms with Crippen LogP contribution in [0.4, 0.5) is 0 Å². The molecule has 1 aromatic carbocycles. The predicted octanol–water partition coefficient (Wildman–Crippen LogP) is 2.91. The summed E-state index contributed by atoms with van der Waals surface area (Å²) >= 11 is 5.96. The van der Waals surface area contributed by atoms with Crippen LogP contribution in [0, 0.1) is 5.92 Å². The third-order valence-corrected chi connectivity index (χ3v) is 4.91. The Bertz CT molecular complexity index is 689. The summed E-state index contributed by atoms with van der Waals surface area (Å²) in [6.07, 6.45) is 2.36. The average molecular weight is 305 g/mol. The molecule has 2 bridgehead atoms. The highest BCUT2D eigenvalue weighted by Gasteiger charge is 2.35. The lowest BCUT2D eigenvalue weighted by atomic mass is 9.84. The zero-order chi connectivity index (χ0) is 14.4. The fourth-order valence-corrected chi connectivity index (χ4v) is 3.67. The molecule has 3 fully saturated rings. The van der Waals surface area contributed by atoms with Crippen molar-refractivity contribution in [1.82, 2.24) is 10.2 Å². The Balaban J connectivity index is 1.53. The van der Waals surface area contributed by atoms with E-state index in [1.807, 2.05) is 6.07 Å². The van der Waals surface area contributed by atoms with E-state index in [0.717, 1.165) is 11.9 Å².